The van der Waals surface area contributed by atoms with Gasteiger partial charge in [0.05, 0.1) is 6.04 Å². The normalized spacial score (nSPS) is 12.5. The largest absolute Gasteiger partial charge is 0.320 e. The summed E-state index contributed by atoms with van der Waals surface area (Å²) >= 11 is 23.9. The zero-order valence-electron chi connectivity index (χ0n) is 9.13. The molecule has 0 aliphatic heterocycles. The molecule has 0 spiro atoms. The van der Waals surface area contributed by atoms with Crippen LogP contribution in [0.4, 0.5) is 0 Å². The molecule has 0 aromatic heterocycles. The predicted molar refractivity (Wildman–Crippen MR) is 79.0 cm³/mol. The zero-order valence-corrected chi connectivity index (χ0v) is 12.2. The second kappa shape index (κ2) is 5.68. The second-order valence-electron chi connectivity index (χ2n) is 3.85. The van der Waals surface area contributed by atoms with Crippen molar-refractivity contribution in [3.63, 3.8) is 0 Å². The highest BCUT2D eigenvalue weighted by atomic mass is 35.5. The van der Waals surface area contributed by atoms with Crippen molar-refractivity contribution in [2.75, 3.05) is 0 Å². The van der Waals surface area contributed by atoms with Crippen molar-refractivity contribution in [1.82, 2.24) is 0 Å². The Bertz CT molecular complexity index is 563. The van der Waals surface area contributed by atoms with Gasteiger partial charge in [-0.3, -0.25) is 0 Å². The van der Waals surface area contributed by atoms with E-state index in [-0.39, 0.29) is 0 Å². The molecule has 0 aliphatic carbocycles. The van der Waals surface area contributed by atoms with Crippen molar-refractivity contribution in [2.24, 2.45) is 5.73 Å². The molecule has 1 nitrogen and oxygen atoms in total. The van der Waals surface area contributed by atoms with Gasteiger partial charge in [0.1, 0.15) is 0 Å². The fourth-order valence-corrected chi connectivity index (χ4v) is 2.76. The molecule has 2 aromatic rings. The molecule has 2 rings (SSSR count). The van der Waals surface area contributed by atoms with E-state index < -0.39 is 6.04 Å². The van der Waals surface area contributed by atoms with Gasteiger partial charge in [0.2, 0.25) is 0 Å². The Morgan fingerprint density at radius 3 is 1.94 bits per heavy atom. The van der Waals surface area contributed by atoms with Crippen LogP contribution in [0.3, 0.4) is 0 Å². The van der Waals surface area contributed by atoms with Crippen LogP contribution in [0.2, 0.25) is 20.1 Å². The molecular weight excluding hydrogens is 312 g/mol. The van der Waals surface area contributed by atoms with E-state index in [1.165, 1.54) is 0 Å². The van der Waals surface area contributed by atoms with Gasteiger partial charge in [-0.05, 0) is 41.5 Å². The number of halogens is 4. The first-order valence-electron chi connectivity index (χ1n) is 5.14. The van der Waals surface area contributed by atoms with E-state index in [1.807, 2.05) is 0 Å². The number of hydrogen-bond donors (Lipinski definition) is 1. The Morgan fingerprint density at radius 2 is 1.39 bits per heavy atom. The van der Waals surface area contributed by atoms with Crippen LogP contribution in [-0.4, -0.2) is 0 Å². The van der Waals surface area contributed by atoms with Crippen molar-refractivity contribution in [2.45, 2.75) is 6.04 Å². The third-order valence-electron chi connectivity index (χ3n) is 2.54. The summed E-state index contributed by atoms with van der Waals surface area (Å²) in [5.41, 5.74) is 7.74. The lowest BCUT2D eigenvalue weighted by Gasteiger charge is -2.15. The summed E-state index contributed by atoms with van der Waals surface area (Å²) in [4.78, 5) is 0. The highest BCUT2D eigenvalue weighted by Crippen LogP contribution is 2.31. The second-order valence-corrected chi connectivity index (χ2v) is 5.56. The van der Waals surface area contributed by atoms with E-state index in [1.54, 1.807) is 36.4 Å². The Kier molecular flexibility index (Phi) is 4.41. The highest BCUT2D eigenvalue weighted by molar-refractivity contribution is 6.35. The van der Waals surface area contributed by atoms with Gasteiger partial charge in [-0.1, -0.05) is 52.5 Å². The maximum Gasteiger partial charge on any atom is 0.0567 e. The lowest BCUT2D eigenvalue weighted by molar-refractivity contribution is 0.872. The molecule has 0 saturated carbocycles. The summed E-state index contributed by atoms with van der Waals surface area (Å²) in [6.45, 7) is 0. The highest BCUT2D eigenvalue weighted by Gasteiger charge is 2.14. The third-order valence-corrected chi connectivity index (χ3v) is 3.54. The molecule has 0 heterocycles. The van der Waals surface area contributed by atoms with Gasteiger partial charge in [0, 0.05) is 20.1 Å². The molecular formula is C13H9Cl4N. The fraction of sp³-hybridized carbons (Fsp3) is 0.0769. The maximum absolute atomic E-state index is 6.16. The van der Waals surface area contributed by atoms with E-state index in [4.69, 9.17) is 52.1 Å². The van der Waals surface area contributed by atoms with Crippen molar-refractivity contribution < 1.29 is 0 Å². The van der Waals surface area contributed by atoms with Gasteiger partial charge in [-0.2, -0.15) is 0 Å². The van der Waals surface area contributed by atoms with E-state index in [0.29, 0.717) is 20.1 Å². The third kappa shape index (κ3) is 3.11. The maximum atomic E-state index is 6.16. The van der Waals surface area contributed by atoms with Gasteiger partial charge < -0.3 is 5.73 Å². The molecule has 5 heteroatoms. The summed E-state index contributed by atoms with van der Waals surface area (Å²) in [6, 6.07) is 9.99. The van der Waals surface area contributed by atoms with Crippen LogP contribution in [0, 0.1) is 0 Å². The predicted octanol–water partition coefficient (Wildman–Crippen LogP) is 5.35. The summed E-state index contributed by atoms with van der Waals surface area (Å²) < 4.78 is 0. The van der Waals surface area contributed by atoms with Crippen molar-refractivity contribution >= 4 is 46.4 Å². The summed E-state index contributed by atoms with van der Waals surface area (Å²) in [5.74, 6) is 0. The minimum atomic E-state index is -0.397. The molecule has 0 amide bonds. The molecule has 18 heavy (non-hydrogen) atoms. The van der Waals surface area contributed by atoms with E-state index >= 15 is 0 Å². The Morgan fingerprint density at radius 1 is 0.778 bits per heavy atom. The molecule has 0 radical (unpaired) electrons. The van der Waals surface area contributed by atoms with Gasteiger partial charge in [0.15, 0.2) is 0 Å². The molecule has 2 aromatic carbocycles. The quantitative estimate of drug-likeness (QED) is 0.793. The van der Waals surface area contributed by atoms with Gasteiger partial charge in [-0.25, -0.2) is 0 Å². The first-order chi connectivity index (χ1) is 8.47. The van der Waals surface area contributed by atoms with Crippen LogP contribution in [0.25, 0.3) is 0 Å². The topological polar surface area (TPSA) is 26.0 Å². The SMILES string of the molecule is NC(c1cc(Cl)cc(Cl)c1)c1ccc(Cl)cc1Cl. The molecule has 1 unspecified atom stereocenters. The van der Waals surface area contributed by atoms with Crippen LogP contribution in [-0.2, 0) is 0 Å². The number of hydrogen-bond acceptors (Lipinski definition) is 1. The van der Waals surface area contributed by atoms with Crippen LogP contribution in [0.15, 0.2) is 36.4 Å². The van der Waals surface area contributed by atoms with Crippen molar-refractivity contribution in [3.8, 4) is 0 Å². The van der Waals surface area contributed by atoms with Crippen LogP contribution >= 0.6 is 46.4 Å². The van der Waals surface area contributed by atoms with Crippen molar-refractivity contribution in [3.05, 3.63) is 67.6 Å². The lowest BCUT2D eigenvalue weighted by atomic mass is 10.00. The monoisotopic (exact) mass is 319 g/mol. The minimum absolute atomic E-state index is 0.397. The average Bonchev–Trinajstić information content (AvgIpc) is 2.26. The van der Waals surface area contributed by atoms with E-state index in [2.05, 4.69) is 0 Å². The fourth-order valence-electron chi connectivity index (χ4n) is 1.69. The standard InChI is InChI=1S/C13H9Cl4N/c14-8-1-2-11(12(17)6-8)13(18)7-3-9(15)5-10(16)4-7/h1-6,13H,18H2. The molecule has 0 saturated heterocycles. The first-order valence-corrected chi connectivity index (χ1v) is 6.65. The zero-order chi connectivity index (χ0) is 13.3. The molecule has 94 valence electrons. The average molecular weight is 321 g/mol. The van der Waals surface area contributed by atoms with Crippen LogP contribution in [0.1, 0.15) is 17.2 Å². The number of benzene rings is 2. The molecule has 0 aliphatic rings. The van der Waals surface area contributed by atoms with Crippen molar-refractivity contribution in [1.29, 1.82) is 0 Å². The van der Waals surface area contributed by atoms with E-state index in [9.17, 15) is 0 Å². The van der Waals surface area contributed by atoms with Crippen LogP contribution < -0.4 is 5.73 Å². The molecule has 1 atom stereocenters. The van der Waals surface area contributed by atoms with Gasteiger partial charge in [0.25, 0.3) is 0 Å². The summed E-state index contributed by atoms with van der Waals surface area (Å²) in [6.07, 6.45) is 0. The van der Waals surface area contributed by atoms with Gasteiger partial charge in [-0.15, -0.1) is 0 Å². The molecule has 2 N–H and O–H groups in total. The van der Waals surface area contributed by atoms with E-state index in [0.717, 1.165) is 11.1 Å². The minimum Gasteiger partial charge on any atom is -0.320 e. The lowest BCUT2D eigenvalue weighted by Crippen LogP contribution is -2.12. The molecule has 0 bridgehead atoms. The Hall–Kier alpha value is -0.440. The Balaban J connectivity index is 2.44. The summed E-state index contributed by atoms with van der Waals surface area (Å²) in [7, 11) is 0. The number of rotatable bonds is 2. The van der Waals surface area contributed by atoms with Crippen LogP contribution in [0.5, 0.6) is 0 Å². The number of nitrogens with two attached hydrogens (primary N) is 1. The van der Waals surface area contributed by atoms with Gasteiger partial charge >= 0.3 is 0 Å². The smallest absolute Gasteiger partial charge is 0.0567 e. The summed E-state index contributed by atoms with van der Waals surface area (Å²) in [5, 5.41) is 2.17. The first kappa shape index (κ1) is 14.0. The molecule has 0 fully saturated rings. The Labute approximate surface area is 125 Å².